The molecule has 0 unspecified atom stereocenters. The van der Waals surface area contributed by atoms with E-state index < -0.39 is 0 Å². The largest absolute Gasteiger partial charge is 0.361 e. The maximum atomic E-state index is 12.0. The molecule has 3 nitrogen and oxygen atoms in total. The van der Waals surface area contributed by atoms with E-state index in [2.05, 4.69) is 48.5 Å². The fraction of sp³-hybridized carbons (Fsp3) is 0.526. The van der Waals surface area contributed by atoms with Gasteiger partial charge >= 0.3 is 0 Å². The Morgan fingerprint density at radius 1 is 1.18 bits per heavy atom. The molecule has 2 rings (SSSR count). The van der Waals surface area contributed by atoms with Gasteiger partial charge in [0.2, 0.25) is 5.91 Å². The third-order valence-corrected chi connectivity index (χ3v) is 4.12. The van der Waals surface area contributed by atoms with Crippen molar-refractivity contribution in [2.45, 2.75) is 64.8 Å². The fourth-order valence-corrected chi connectivity index (χ4v) is 2.92. The first-order chi connectivity index (χ1) is 10.7. The summed E-state index contributed by atoms with van der Waals surface area (Å²) in [6, 6.07) is 8.47. The van der Waals surface area contributed by atoms with Crippen LogP contribution in [0.5, 0.6) is 0 Å². The predicted molar refractivity (Wildman–Crippen MR) is 93.0 cm³/mol. The molecule has 0 spiro atoms. The number of amides is 1. The van der Waals surface area contributed by atoms with Crippen LogP contribution >= 0.6 is 0 Å². The third-order valence-electron chi connectivity index (χ3n) is 4.12. The van der Waals surface area contributed by atoms with Crippen LogP contribution in [0.2, 0.25) is 0 Å². The lowest BCUT2D eigenvalue weighted by atomic mass is 10.1. The summed E-state index contributed by atoms with van der Waals surface area (Å²) in [6.45, 7) is 4.29. The highest BCUT2D eigenvalue weighted by Crippen LogP contribution is 2.19. The molecular formula is C19H28N2O. The summed E-state index contributed by atoms with van der Waals surface area (Å²) in [5, 5.41) is 4.37. The summed E-state index contributed by atoms with van der Waals surface area (Å²) < 4.78 is 0. The topological polar surface area (TPSA) is 44.9 Å². The van der Waals surface area contributed by atoms with Crippen LogP contribution in [0.3, 0.4) is 0 Å². The minimum Gasteiger partial charge on any atom is -0.361 e. The number of hydrogen-bond donors (Lipinski definition) is 2. The van der Waals surface area contributed by atoms with Crippen molar-refractivity contribution in [1.29, 1.82) is 0 Å². The molecule has 0 aliphatic rings. The molecule has 0 saturated carbocycles. The predicted octanol–water partition coefficient (Wildman–Crippen LogP) is 4.58. The summed E-state index contributed by atoms with van der Waals surface area (Å²) in [7, 11) is 0. The lowest BCUT2D eigenvalue weighted by molar-refractivity contribution is -0.121. The number of fused-ring (bicyclic) bond motifs is 1. The van der Waals surface area contributed by atoms with E-state index in [4.69, 9.17) is 0 Å². The van der Waals surface area contributed by atoms with Gasteiger partial charge in [0, 0.05) is 29.6 Å². The monoisotopic (exact) mass is 300 g/mol. The second-order valence-electron chi connectivity index (χ2n) is 6.20. The number of benzene rings is 1. The maximum Gasteiger partial charge on any atom is 0.220 e. The smallest absolute Gasteiger partial charge is 0.220 e. The molecule has 2 aromatic rings. The number of H-pyrrole nitrogens is 1. The van der Waals surface area contributed by atoms with Crippen molar-refractivity contribution in [1.82, 2.24) is 10.3 Å². The Hall–Kier alpha value is -1.77. The van der Waals surface area contributed by atoms with Crippen molar-refractivity contribution in [3.63, 3.8) is 0 Å². The average molecular weight is 300 g/mol. The van der Waals surface area contributed by atoms with Gasteiger partial charge in [-0.1, -0.05) is 50.8 Å². The second kappa shape index (κ2) is 8.62. The lowest BCUT2D eigenvalue weighted by Crippen LogP contribution is -2.33. The van der Waals surface area contributed by atoms with Crippen LogP contribution in [0, 0.1) is 0 Å². The fourth-order valence-electron chi connectivity index (χ4n) is 2.92. The van der Waals surface area contributed by atoms with Crippen LogP contribution in [-0.4, -0.2) is 16.9 Å². The van der Waals surface area contributed by atoms with Crippen LogP contribution < -0.4 is 5.32 Å². The molecule has 1 amide bonds. The number of carbonyl (C=O) groups excluding carboxylic acids is 1. The first-order valence-electron chi connectivity index (χ1n) is 8.55. The molecule has 2 N–H and O–H groups in total. The summed E-state index contributed by atoms with van der Waals surface area (Å²) in [6.07, 6.45) is 9.51. The van der Waals surface area contributed by atoms with E-state index in [1.165, 1.54) is 30.2 Å². The second-order valence-corrected chi connectivity index (χ2v) is 6.20. The average Bonchev–Trinajstić information content (AvgIpc) is 2.90. The normalized spacial score (nSPS) is 12.5. The van der Waals surface area contributed by atoms with Gasteiger partial charge in [-0.3, -0.25) is 4.79 Å². The van der Waals surface area contributed by atoms with E-state index in [9.17, 15) is 4.79 Å². The van der Waals surface area contributed by atoms with Gasteiger partial charge in [-0.05, 0) is 31.4 Å². The van der Waals surface area contributed by atoms with Crippen LogP contribution in [0.4, 0.5) is 0 Å². The summed E-state index contributed by atoms with van der Waals surface area (Å²) in [5.74, 6) is 0.184. The van der Waals surface area contributed by atoms with Crippen molar-refractivity contribution in [2.24, 2.45) is 0 Å². The Bertz CT molecular complexity index is 588. The van der Waals surface area contributed by atoms with Gasteiger partial charge in [0.25, 0.3) is 0 Å². The summed E-state index contributed by atoms with van der Waals surface area (Å²) in [5.41, 5.74) is 2.43. The number of aromatic amines is 1. The number of aromatic nitrogens is 1. The molecule has 0 radical (unpaired) electrons. The minimum atomic E-state index is 0.169. The Kier molecular flexibility index (Phi) is 6.50. The van der Waals surface area contributed by atoms with Gasteiger partial charge in [0.1, 0.15) is 0 Å². The van der Waals surface area contributed by atoms with Crippen LogP contribution in [-0.2, 0) is 11.2 Å². The number of nitrogens with one attached hydrogen (secondary N) is 2. The molecule has 3 heteroatoms. The molecule has 1 atom stereocenters. The van der Waals surface area contributed by atoms with Crippen molar-refractivity contribution < 1.29 is 4.79 Å². The van der Waals surface area contributed by atoms with Gasteiger partial charge in [-0.25, -0.2) is 0 Å². The molecule has 0 bridgehead atoms. The highest BCUT2D eigenvalue weighted by atomic mass is 16.1. The zero-order chi connectivity index (χ0) is 15.8. The quantitative estimate of drug-likeness (QED) is 0.654. The maximum absolute atomic E-state index is 12.0. The number of carbonyl (C=O) groups is 1. The van der Waals surface area contributed by atoms with Crippen LogP contribution in [0.25, 0.3) is 10.9 Å². The third kappa shape index (κ3) is 4.90. The summed E-state index contributed by atoms with van der Waals surface area (Å²) in [4.78, 5) is 15.2. The number of hydrogen-bond acceptors (Lipinski definition) is 1. The van der Waals surface area contributed by atoms with E-state index in [1.807, 2.05) is 6.07 Å². The van der Waals surface area contributed by atoms with Crippen LogP contribution in [0.1, 0.15) is 57.9 Å². The molecule has 0 aliphatic heterocycles. The zero-order valence-corrected chi connectivity index (χ0v) is 13.8. The Morgan fingerprint density at radius 3 is 2.77 bits per heavy atom. The van der Waals surface area contributed by atoms with Crippen molar-refractivity contribution >= 4 is 16.8 Å². The molecule has 0 saturated heterocycles. The molecule has 120 valence electrons. The lowest BCUT2D eigenvalue weighted by Gasteiger charge is -2.13. The number of para-hydroxylation sites is 1. The van der Waals surface area contributed by atoms with E-state index in [1.54, 1.807) is 0 Å². The number of rotatable bonds is 9. The van der Waals surface area contributed by atoms with Gasteiger partial charge in [0.05, 0.1) is 0 Å². The molecule has 22 heavy (non-hydrogen) atoms. The molecule has 1 aromatic heterocycles. The van der Waals surface area contributed by atoms with E-state index in [0.29, 0.717) is 6.42 Å². The van der Waals surface area contributed by atoms with Gasteiger partial charge in [0.15, 0.2) is 0 Å². The van der Waals surface area contributed by atoms with E-state index >= 15 is 0 Å². The van der Waals surface area contributed by atoms with Gasteiger partial charge in [-0.15, -0.1) is 0 Å². The zero-order valence-electron chi connectivity index (χ0n) is 13.8. The molecule has 1 aromatic carbocycles. The molecule has 0 fully saturated rings. The Morgan fingerprint density at radius 2 is 1.95 bits per heavy atom. The van der Waals surface area contributed by atoms with Crippen LogP contribution in [0.15, 0.2) is 30.5 Å². The van der Waals surface area contributed by atoms with E-state index in [0.717, 1.165) is 24.8 Å². The van der Waals surface area contributed by atoms with Gasteiger partial charge in [-0.2, -0.15) is 0 Å². The molecule has 1 heterocycles. The van der Waals surface area contributed by atoms with Gasteiger partial charge < -0.3 is 10.3 Å². The van der Waals surface area contributed by atoms with Crippen molar-refractivity contribution in [3.8, 4) is 0 Å². The SMILES string of the molecule is CCCCCCCC(=O)N[C@H](C)Cc1c[nH]c2ccccc12. The standard InChI is InChI=1S/C19H28N2O/c1-3-4-5-6-7-12-19(22)21-15(2)13-16-14-20-18-11-9-8-10-17(16)18/h8-11,14-15,20H,3-7,12-13H2,1-2H3,(H,21,22)/t15-/m1/s1. The molecule has 0 aliphatic carbocycles. The first-order valence-corrected chi connectivity index (χ1v) is 8.55. The molecular weight excluding hydrogens is 272 g/mol. The van der Waals surface area contributed by atoms with Crippen molar-refractivity contribution in [3.05, 3.63) is 36.0 Å². The minimum absolute atomic E-state index is 0.169. The Balaban J connectivity index is 1.75. The number of unbranched alkanes of at least 4 members (excludes halogenated alkanes) is 4. The Labute approximate surface area is 133 Å². The highest BCUT2D eigenvalue weighted by molar-refractivity contribution is 5.83. The van der Waals surface area contributed by atoms with Crippen molar-refractivity contribution in [2.75, 3.05) is 0 Å². The van der Waals surface area contributed by atoms with E-state index in [-0.39, 0.29) is 11.9 Å². The summed E-state index contributed by atoms with van der Waals surface area (Å²) >= 11 is 0. The highest BCUT2D eigenvalue weighted by Gasteiger charge is 2.10. The first kappa shape index (κ1) is 16.6.